The monoisotopic (exact) mass is 254 g/mol. The standard InChI is InChI=1S/C11H15FN4O2/c1-7(10(13)16-18)6-14-11(17)15-9-4-2-8(12)3-5-9/h2-5,7,18H,6H2,1H3,(H2,13,16)(H2,14,15,17). The van der Waals surface area contributed by atoms with Crippen LogP contribution in [0.15, 0.2) is 29.4 Å². The normalized spacial score (nSPS) is 12.9. The van der Waals surface area contributed by atoms with Gasteiger partial charge in [-0.05, 0) is 24.3 Å². The van der Waals surface area contributed by atoms with Gasteiger partial charge in [0, 0.05) is 18.2 Å². The largest absolute Gasteiger partial charge is 0.409 e. The van der Waals surface area contributed by atoms with Crippen LogP contribution < -0.4 is 16.4 Å². The number of urea groups is 1. The molecule has 1 atom stereocenters. The first-order valence-corrected chi connectivity index (χ1v) is 5.30. The summed E-state index contributed by atoms with van der Waals surface area (Å²) >= 11 is 0. The quantitative estimate of drug-likeness (QED) is 0.282. The highest BCUT2D eigenvalue weighted by molar-refractivity contribution is 5.90. The van der Waals surface area contributed by atoms with Gasteiger partial charge in [-0.3, -0.25) is 0 Å². The minimum absolute atomic E-state index is 0.0390. The van der Waals surface area contributed by atoms with Crippen LogP contribution in [0, 0.1) is 11.7 Å². The molecule has 0 radical (unpaired) electrons. The minimum Gasteiger partial charge on any atom is -0.409 e. The maximum Gasteiger partial charge on any atom is 0.319 e. The third-order valence-corrected chi connectivity index (χ3v) is 2.29. The Balaban J connectivity index is 2.40. The molecule has 1 rings (SSSR count). The first-order chi connectivity index (χ1) is 8.52. The summed E-state index contributed by atoms with van der Waals surface area (Å²) in [5.41, 5.74) is 5.84. The van der Waals surface area contributed by atoms with E-state index in [0.29, 0.717) is 5.69 Å². The predicted octanol–water partition coefficient (Wildman–Crippen LogP) is 1.33. The molecule has 2 amide bonds. The summed E-state index contributed by atoms with van der Waals surface area (Å²) in [6, 6.07) is 4.94. The number of amides is 2. The Labute approximate surface area is 104 Å². The topological polar surface area (TPSA) is 99.7 Å². The number of oxime groups is 1. The van der Waals surface area contributed by atoms with E-state index in [1.165, 1.54) is 24.3 Å². The number of nitrogens with zero attached hydrogens (tertiary/aromatic N) is 1. The van der Waals surface area contributed by atoms with E-state index in [1.807, 2.05) is 0 Å². The molecule has 0 bridgehead atoms. The summed E-state index contributed by atoms with van der Waals surface area (Å²) in [7, 11) is 0. The second-order valence-electron chi connectivity index (χ2n) is 3.77. The van der Waals surface area contributed by atoms with Gasteiger partial charge in [-0.2, -0.15) is 0 Å². The lowest BCUT2D eigenvalue weighted by molar-refractivity contribution is 0.251. The van der Waals surface area contributed by atoms with Crippen LogP contribution in [0.3, 0.4) is 0 Å². The SMILES string of the molecule is CC(CNC(=O)Nc1ccc(F)cc1)C(N)=NO. The Morgan fingerprint density at radius 2 is 2.11 bits per heavy atom. The van der Waals surface area contributed by atoms with Crippen LogP contribution in [0.25, 0.3) is 0 Å². The summed E-state index contributed by atoms with van der Waals surface area (Å²) in [5.74, 6) is -0.618. The van der Waals surface area contributed by atoms with E-state index in [2.05, 4.69) is 15.8 Å². The van der Waals surface area contributed by atoms with Crippen molar-refractivity contribution in [2.75, 3.05) is 11.9 Å². The maximum absolute atomic E-state index is 12.6. The second-order valence-corrected chi connectivity index (χ2v) is 3.77. The van der Waals surface area contributed by atoms with Crippen LogP contribution in [-0.4, -0.2) is 23.6 Å². The molecule has 6 nitrogen and oxygen atoms in total. The third kappa shape index (κ3) is 4.28. The molecule has 0 aromatic heterocycles. The highest BCUT2D eigenvalue weighted by Gasteiger charge is 2.09. The number of anilines is 1. The first-order valence-electron chi connectivity index (χ1n) is 5.30. The first kappa shape index (κ1) is 13.8. The molecule has 7 heteroatoms. The summed E-state index contributed by atoms with van der Waals surface area (Å²) in [4.78, 5) is 11.5. The van der Waals surface area contributed by atoms with E-state index < -0.39 is 6.03 Å². The van der Waals surface area contributed by atoms with Crippen LogP contribution in [0.1, 0.15) is 6.92 Å². The molecule has 0 spiro atoms. The van der Waals surface area contributed by atoms with Crippen LogP contribution in [-0.2, 0) is 0 Å². The fourth-order valence-corrected chi connectivity index (χ4v) is 1.16. The zero-order valence-corrected chi connectivity index (χ0v) is 9.85. The Morgan fingerprint density at radius 3 is 2.67 bits per heavy atom. The average Bonchev–Trinajstić information content (AvgIpc) is 2.37. The van der Waals surface area contributed by atoms with Crippen molar-refractivity contribution in [3.8, 4) is 0 Å². The van der Waals surface area contributed by atoms with Crippen LogP contribution in [0.5, 0.6) is 0 Å². The van der Waals surface area contributed by atoms with Gasteiger partial charge in [0.25, 0.3) is 0 Å². The molecule has 1 aromatic carbocycles. The van der Waals surface area contributed by atoms with E-state index in [-0.39, 0.29) is 24.1 Å². The number of hydrogen-bond donors (Lipinski definition) is 4. The Kier molecular flexibility index (Phi) is 4.91. The molecule has 0 aliphatic rings. The minimum atomic E-state index is -0.445. The maximum atomic E-state index is 12.6. The third-order valence-electron chi connectivity index (χ3n) is 2.29. The smallest absolute Gasteiger partial charge is 0.319 e. The molecule has 0 aliphatic heterocycles. The molecule has 0 saturated heterocycles. The second kappa shape index (κ2) is 6.43. The number of carbonyl (C=O) groups excluding carboxylic acids is 1. The molecule has 5 N–H and O–H groups in total. The molecule has 1 unspecified atom stereocenters. The number of rotatable bonds is 4. The number of nitrogens with two attached hydrogens (primary N) is 1. The fourth-order valence-electron chi connectivity index (χ4n) is 1.16. The van der Waals surface area contributed by atoms with Crippen molar-refractivity contribution in [1.82, 2.24) is 5.32 Å². The number of hydrogen-bond acceptors (Lipinski definition) is 3. The van der Waals surface area contributed by atoms with Gasteiger partial charge >= 0.3 is 6.03 Å². The number of halogens is 1. The number of nitrogens with one attached hydrogen (secondary N) is 2. The lowest BCUT2D eigenvalue weighted by Crippen LogP contribution is -2.36. The van der Waals surface area contributed by atoms with Crippen molar-refractivity contribution in [1.29, 1.82) is 0 Å². The lowest BCUT2D eigenvalue weighted by atomic mass is 10.1. The van der Waals surface area contributed by atoms with Gasteiger partial charge in [0.1, 0.15) is 11.7 Å². The Hall–Kier alpha value is -2.31. The van der Waals surface area contributed by atoms with Gasteiger partial charge in [-0.1, -0.05) is 12.1 Å². The fraction of sp³-hybridized carbons (Fsp3) is 0.273. The Morgan fingerprint density at radius 1 is 1.50 bits per heavy atom. The highest BCUT2D eigenvalue weighted by atomic mass is 19.1. The predicted molar refractivity (Wildman–Crippen MR) is 66.0 cm³/mol. The van der Waals surface area contributed by atoms with E-state index >= 15 is 0 Å². The van der Waals surface area contributed by atoms with Gasteiger partial charge in [-0.15, -0.1) is 0 Å². The lowest BCUT2D eigenvalue weighted by Gasteiger charge is -2.11. The van der Waals surface area contributed by atoms with E-state index in [1.54, 1.807) is 6.92 Å². The van der Waals surface area contributed by atoms with Gasteiger partial charge in [0.15, 0.2) is 0 Å². The van der Waals surface area contributed by atoms with E-state index in [9.17, 15) is 9.18 Å². The summed E-state index contributed by atoms with van der Waals surface area (Å²) in [6.07, 6.45) is 0. The summed E-state index contributed by atoms with van der Waals surface area (Å²) in [6.45, 7) is 1.93. The zero-order chi connectivity index (χ0) is 13.5. The molecule has 1 aromatic rings. The van der Waals surface area contributed by atoms with Gasteiger partial charge in [-0.25, -0.2) is 9.18 Å². The molecule has 18 heavy (non-hydrogen) atoms. The van der Waals surface area contributed by atoms with Crippen molar-refractivity contribution < 1.29 is 14.4 Å². The van der Waals surface area contributed by atoms with Crippen molar-refractivity contribution in [2.45, 2.75) is 6.92 Å². The van der Waals surface area contributed by atoms with Crippen LogP contribution >= 0.6 is 0 Å². The Bertz CT molecular complexity index is 433. The molecule has 0 saturated carbocycles. The molecule has 0 aliphatic carbocycles. The van der Waals surface area contributed by atoms with Gasteiger partial charge < -0.3 is 21.6 Å². The molecule has 0 heterocycles. The average molecular weight is 254 g/mol. The van der Waals surface area contributed by atoms with Crippen molar-refractivity contribution in [3.63, 3.8) is 0 Å². The van der Waals surface area contributed by atoms with Crippen LogP contribution in [0.4, 0.5) is 14.9 Å². The molecular weight excluding hydrogens is 239 g/mol. The van der Waals surface area contributed by atoms with Gasteiger partial charge in [0.05, 0.1) is 0 Å². The molecular formula is C11H15FN4O2. The summed E-state index contributed by atoms with van der Waals surface area (Å²) < 4.78 is 12.6. The van der Waals surface area contributed by atoms with Crippen LogP contribution in [0.2, 0.25) is 0 Å². The molecule has 0 fully saturated rings. The van der Waals surface area contributed by atoms with E-state index in [4.69, 9.17) is 10.9 Å². The van der Waals surface area contributed by atoms with Crippen molar-refractivity contribution in [3.05, 3.63) is 30.1 Å². The van der Waals surface area contributed by atoms with Crippen molar-refractivity contribution in [2.24, 2.45) is 16.8 Å². The van der Waals surface area contributed by atoms with E-state index in [0.717, 1.165) is 0 Å². The highest BCUT2D eigenvalue weighted by Crippen LogP contribution is 2.07. The summed E-state index contributed by atoms with van der Waals surface area (Å²) in [5, 5.41) is 16.3. The molecule has 98 valence electrons. The number of carbonyl (C=O) groups is 1. The zero-order valence-electron chi connectivity index (χ0n) is 9.85. The van der Waals surface area contributed by atoms with Gasteiger partial charge in [0.2, 0.25) is 0 Å². The van der Waals surface area contributed by atoms with Crippen molar-refractivity contribution >= 4 is 17.6 Å². The number of benzene rings is 1. The number of amidine groups is 1.